The molecule has 2 aliphatic rings. The first-order chi connectivity index (χ1) is 9.40. The lowest BCUT2D eigenvalue weighted by Gasteiger charge is -2.52. The molecule has 3 rings (SSSR count). The molecule has 1 saturated heterocycles. The van der Waals surface area contributed by atoms with E-state index in [-0.39, 0.29) is 18.2 Å². The Morgan fingerprint density at radius 3 is 2.85 bits per heavy atom. The van der Waals surface area contributed by atoms with E-state index >= 15 is 0 Å². The van der Waals surface area contributed by atoms with E-state index < -0.39 is 10.0 Å². The maximum absolute atomic E-state index is 12.5. The van der Waals surface area contributed by atoms with Crippen LogP contribution in [-0.2, 0) is 14.8 Å². The van der Waals surface area contributed by atoms with E-state index in [1.807, 2.05) is 13.8 Å². The molecule has 0 aromatic carbocycles. The van der Waals surface area contributed by atoms with Crippen molar-refractivity contribution in [1.29, 1.82) is 0 Å². The number of nitrogens with two attached hydrogens (primary N) is 1. The number of nitrogens with one attached hydrogen (secondary N) is 1. The van der Waals surface area contributed by atoms with Crippen molar-refractivity contribution in [3.63, 3.8) is 0 Å². The quantitative estimate of drug-likeness (QED) is 0.876. The van der Waals surface area contributed by atoms with Crippen LogP contribution in [0.5, 0.6) is 0 Å². The predicted molar refractivity (Wildman–Crippen MR) is 78.3 cm³/mol. The molecule has 1 aliphatic heterocycles. The molecule has 3 N–H and O–H groups in total. The van der Waals surface area contributed by atoms with Gasteiger partial charge >= 0.3 is 0 Å². The van der Waals surface area contributed by atoms with Crippen molar-refractivity contribution in [3.05, 3.63) is 15.8 Å². The number of hydrogen-bond acceptors (Lipinski definition) is 5. The molecule has 1 aromatic heterocycles. The van der Waals surface area contributed by atoms with Gasteiger partial charge in [-0.3, -0.25) is 0 Å². The summed E-state index contributed by atoms with van der Waals surface area (Å²) >= 11 is 1.49. The molecule has 0 bridgehead atoms. The number of hydrogen-bond donors (Lipinski definition) is 2. The van der Waals surface area contributed by atoms with E-state index in [0.717, 1.165) is 22.6 Å². The van der Waals surface area contributed by atoms with Crippen molar-refractivity contribution < 1.29 is 13.2 Å². The second-order valence-corrected chi connectivity index (χ2v) is 8.79. The van der Waals surface area contributed by atoms with Crippen molar-refractivity contribution in [2.45, 2.75) is 49.8 Å². The Hall–Kier alpha value is -0.470. The summed E-state index contributed by atoms with van der Waals surface area (Å²) in [6, 6.07) is 1.27. The van der Waals surface area contributed by atoms with E-state index in [2.05, 4.69) is 4.72 Å². The van der Waals surface area contributed by atoms with Gasteiger partial charge in [0.2, 0.25) is 10.0 Å². The molecule has 0 amide bonds. The number of thiophene rings is 1. The van der Waals surface area contributed by atoms with Gasteiger partial charge in [0, 0.05) is 28.3 Å². The Morgan fingerprint density at radius 1 is 1.45 bits per heavy atom. The number of fused-ring (bicyclic) bond motifs is 1. The van der Waals surface area contributed by atoms with Crippen LogP contribution < -0.4 is 10.5 Å². The zero-order chi connectivity index (χ0) is 14.5. The normalized spacial score (nSPS) is 33.5. The molecule has 0 spiro atoms. The average Bonchev–Trinajstić information content (AvgIpc) is 2.76. The Morgan fingerprint density at radius 2 is 2.20 bits per heavy atom. The third-order valence-electron chi connectivity index (χ3n) is 4.25. The second kappa shape index (κ2) is 5.06. The van der Waals surface area contributed by atoms with Crippen LogP contribution in [0.2, 0.25) is 0 Å². The lowest BCUT2D eigenvalue weighted by atomic mass is 9.69. The number of ether oxygens (including phenoxy) is 1. The number of aryl methyl sites for hydroxylation is 2. The monoisotopic (exact) mass is 316 g/mol. The lowest BCUT2D eigenvalue weighted by molar-refractivity contribution is -0.114. The van der Waals surface area contributed by atoms with Gasteiger partial charge in [-0.05, 0) is 32.8 Å². The minimum atomic E-state index is -3.51. The second-order valence-electron chi connectivity index (χ2n) is 5.64. The Labute approximate surface area is 123 Å². The fourth-order valence-corrected chi connectivity index (χ4v) is 6.05. The van der Waals surface area contributed by atoms with Crippen molar-refractivity contribution >= 4 is 21.4 Å². The van der Waals surface area contributed by atoms with Gasteiger partial charge in [0.1, 0.15) is 0 Å². The Balaban J connectivity index is 1.79. The molecule has 20 heavy (non-hydrogen) atoms. The van der Waals surface area contributed by atoms with E-state index in [1.54, 1.807) is 6.07 Å². The highest BCUT2D eigenvalue weighted by Crippen LogP contribution is 2.38. The van der Waals surface area contributed by atoms with E-state index in [0.29, 0.717) is 17.4 Å². The number of sulfonamides is 1. The first-order valence-electron chi connectivity index (χ1n) is 6.87. The first kappa shape index (κ1) is 14.5. The highest BCUT2D eigenvalue weighted by Gasteiger charge is 2.52. The summed E-state index contributed by atoms with van der Waals surface area (Å²) in [5.74, 6) is 0.293. The highest BCUT2D eigenvalue weighted by atomic mass is 32.2. The minimum absolute atomic E-state index is 0.0615. The van der Waals surface area contributed by atoms with Crippen LogP contribution in [0.1, 0.15) is 22.6 Å². The van der Waals surface area contributed by atoms with Crippen molar-refractivity contribution in [2.24, 2.45) is 11.7 Å². The third-order valence-corrected chi connectivity index (χ3v) is 6.93. The Kier molecular flexibility index (Phi) is 3.66. The molecular formula is C13H20N2O3S2. The largest absolute Gasteiger partial charge is 0.376 e. The fraction of sp³-hybridized carbons (Fsp3) is 0.692. The van der Waals surface area contributed by atoms with Gasteiger partial charge in [-0.2, -0.15) is 0 Å². The predicted octanol–water partition coefficient (Wildman–Crippen LogP) is 1.15. The van der Waals surface area contributed by atoms with E-state index in [9.17, 15) is 8.42 Å². The molecule has 2 heterocycles. The SMILES string of the molecule is Cc1cc(S(=O)(=O)NC2C(N)C3CCCOC32)c(C)s1. The highest BCUT2D eigenvalue weighted by molar-refractivity contribution is 7.89. The van der Waals surface area contributed by atoms with Gasteiger partial charge < -0.3 is 10.5 Å². The van der Waals surface area contributed by atoms with Crippen LogP contribution in [0, 0.1) is 19.8 Å². The molecule has 5 nitrogen and oxygen atoms in total. The van der Waals surface area contributed by atoms with Crippen LogP contribution >= 0.6 is 11.3 Å². The minimum Gasteiger partial charge on any atom is -0.376 e. The summed E-state index contributed by atoms with van der Waals surface area (Å²) in [4.78, 5) is 2.17. The summed E-state index contributed by atoms with van der Waals surface area (Å²) in [7, 11) is -3.51. The molecule has 4 unspecified atom stereocenters. The van der Waals surface area contributed by atoms with Crippen LogP contribution in [0.25, 0.3) is 0 Å². The van der Waals surface area contributed by atoms with Gasteiger partial charge in [0.15, 0.2) is 0 Å². The van der Waals surface area contributed by atoms with Gasteiger partial charge in [-0.1, -0.05) is 0 Å². The van der Waals surface area contributed by atoms with Crippen LogP contribution in [0.3, 0.4) is 0 Å². The summed E-state index contributed by atoms with van der Waals surface area (Å²) < 4.78 is 33.4. The zero-order valence-electron chi connectivity index (χ0n) is 11.6. The van der Waals surface area contributed by atoms with Crippen molar-refractivity contribution in [1.82, 2.24) is 4.72 Å². The van der Waals surface area contributed by atoms with Gasteiger partial charge in [0.25, 0.3) is 0 Å². The Bertz CT molecular complexity index is 611. The number of rotatable bonds is 3. The summed E-state index contributed by atoms with van der Waals surface area (Å²) in [5.41, 5.74) is 6.10. The zero-order valence-corrected chi connectivity index (χ0v) is 13.3. The fourth-order valence-electron chi connectivity index (χ4n) is 3.21. The lowest BCUT2D eigenvalue weighted by Crippen LogP contribution is -2.71. The first-order valence-corrected chi connectivity index (χ1v) is 9.16. The topological polar surface area (TPSA) is 81.4 Å². The maximum Gasteiger partial charge on any atom is 0.242 e. The smallest absolute Gasteiger partial charge is 0.242 e. The van der Waals surface area contributed by atoms with Crippen LogP contribution in [0.4, 0.5) is 0 Å². The van der Waals surface area contributed by atoms with Crippen molar-refractivity contribution in [3.8, 4) is 0 Å². The van der Waals surface area contributed by atoms with Gasteiger partial charge in [0.05, 0.1) is 17.0 Å². The summed E-state index contributed by atoms with van der Waals surface area (Å²) in [6.07, 6.45) is 1.98. The summed E-state index contributed by atoms with van der Waals surface area (Å²) in [6.45, 7) is 4.43. The molecule has 7 heteroatoms. The van der Waals surface area contributed by atoms with Crippen molar-refractivity contribution in [2.75, 3.05) is 6.61 Å². The molecule has 0 radical (unpaired) electrons. The molecule has 4 atom stereocenters. The van der Waals surface area contributed by atoms with E-state index in [1.165, 1.54) is 11.3 Å². The molecule has 1 saturated carbocycles. The molecule has 112 valence electrons. The van der Waals surface area contributed by atoms with Crippen LogP contribution in [0.15, 0.2) is 11.0 Å². The average molecular weight is 316 g/mol. The molecule has 1 aliphatic carbocycles. The molecular weight excluding hydrogens is 296 g/mol. The molecule has 2 fully saturated rings. The van der Waals surface area contributed by atoms with Gasteiger partial charge in [-0.25, -0.2) is 13.1 Å². The maximum atomic E-state index is 12.5. The molecule has 1 aromatic rings. The van der Waals surface area contributed by atoms with Gasteiger partial charge in [-0.15, -0.1) is 11.3 Å². The summed E-state index contributed by atoms with van der Waals surface area (Å²) in [5, 5.41) is 0. The van der Waals surface area contributed by atoms with E-state index in [4.69, 9.17) is 10.5 Å². The standard InChI is InChI=1S/C13H20N2O3S2/c1-7-6-10(8(2)19-7)20(16,17)15-12-11(14)9-4-3-5-18-13(9)12/h6,9,11-13,15H,3-5,14H2,1-2H3. The third kappa shape index (κ3) is 2.31. The van der Waals surface area contributed by atoms with Crippen LogP contribution in [-0.4, -0.2) is 33.2 Å².